The molecule has 0 saturated carbocycles. The molecule has 264 valence electrons. The zero-order valence-corrected chi connectivity index (χ0v) is 30.2. The van der Waals surface area contributed by atoms with Crippen molar-refractivity contribution >= 4 is 71.7 Å². The lowest BCUT2D eigenvalue weighted by Crippen LogP contribution is -2.00. The summed E-state index contributed by atoms with van der Waals surface area (Å²) in [5.74, 6) is 2.32. The van der Waals surface area contributed by atoms with Gasteiger partial charge in [-0.3, -0.25) is 4.98 Å². The summed E-state index contributed by atoms with van der Waals surface area (Å²) in [6.45, 7) is 5.87. The molecular formula is C49H30N4O3. The number of hydrogen-bond donors (Lipinski definition) is 0. The summed E-state index contributed by atoms with van der Waals surface area (Å²) in [4.78, 5) is 20.1. The van der Waals surface area contributed by atoms with Gasteiger partial charge in [0, 0.05) is 61.6 Å². The van der Waals surface area contributed by atoms with E-state index in [1.807, 2.05) is 103 Å². The number of para-hydroxylation sites is 1. The number of hydrogen-bond acceptors (Lipinski definition) is 7. The van der Waals surface area contributed by atoms with E-state index >= 15 is 0 Å². The van der Waals surface area contributed by atoms with Gasteiger partial charge in [0.1, 0.15) is 33.7 Å². The number of aromatic nitrogens is 4. The van der Waals surface area contributed by atoms with E-state index in [9.17, 15) is 0 Å². The first-order chi connectivity index (χ1) is 27.6. The Hall–Kier alpha value is -7.64. The molecule has 0 bridgehead atoms. The minimum Gasteiger partial charge on any atom is -0.456 e. The zero-order chi connectivity index (χ0) is 37.3. The maximum atomic E-state index is 6.77. The number of allylic oxidation sites excluding steroid dienone is 2. The van der Waals surface area contributed by atoms with Crippen LogP contribution in [0.25, 0.3) is 117 Å². The molecule has 11 rings (SSSR count). The predicted octanol–water partition coefficient (Wildman–Crippen LogP) is 13.1. The van der Waals surface area contributed by atoms with Gasteiger partial charge in [-0.05, 0) is 59.7 Å². The number of fused-ring (bicyclic) bond motifs is 8. The van der Waals surface area contributed by atoms with Crippen molar-refractivity contribution in [1.82, 2.24) is 19.9 Å². The van der Waals surface area contributed by atoms with E-state index in [-0.39, 0.29) is 0 Å². The topological polar surface area (TPSA) is 91.0 Å². The summed E-state index contributed by atoms with van der Waals surface area (Å²) in [5, 5.41) is 7.05. The van der Waals surface area contributed by atoms with Gasteiger partial charge in [-0.1, -0.05) is 110 Å². The Bertz CT molecular complexity index is 3410. The van der Waals surface area contributed by atoms with Crippen molar-refractivity contribution in [3.63, 3.8) is 0 Å². The number of benzene rings is 6. The summed E-state index contributed by atoms with van der Waals surface area (Å²) in [6.07, 6.45) is 9.26. The van der Waals surface area contributed by atoms with Crippen molar-refractivity contribution in [3.05, 3.63) is 164 Å². The normalized spacial score (nSPS) is 12.0. The highest BCUT2D eigenvalue weighted by molar-refractivity contribution is 6.20. The minimum atomic E-state index is 0.502. The van der Waals surface area contributed by atoms with Crippen LogP contribution < -0.4 is 0 Å². The molecule has 0 N–H and O–H groups in total. The fourth-order valence-corrected chi connectivity index (χ4v) is 7.94. The fraction of sp³-hybridized carbons (Fsp3) is 0.0204. The van der Waals surface area contributed by atoms with Crippen molar-refractivity contribution in [3.8, 4) is 45.3 Å². The van der Waals surface area contributed by atoms with Crippen LogP contribution in [-0.2, 0) is 0 Å². The van der Waals surface area contributed by atoms with Gasteiger partial charge in [0.05, 0.1) is 5.56 Å². The molecule has 7 nitrogen and oxygen atoms in total. The van der Waals surface area contributed by atoms with Gasteiger partial charge in [0.25, 0.3) is 0 Å². The van der Waals surface area contributed by atoms with Crippen molar-refractivity contribution in [2.24, 2.45) is 0 Å². The van der Waals surface area contributed by atoms with E-state index in [2.05, 4.69) is 56.0 Å². The summed E-state index contributed by atoms with van der Waals surface area (Å²) in [5.41, 5.74) is 9.09. The molecule has 0 aliphatic rings. The Morgan fingerprint density at radius 1 is 0.518 bits per heavy atom. The van der Waals surface area contributed by atoms with Crippen LogP contribution in [0.15, 0.2) is 166 Å². The molecule has 6 aromatic carbocycles. The van der Waals surface area contributed by atoms with Crippen molar-refractivity contribution in [1.29, 1.82) is 0 Å². The van der Waals surface area contributed by atoms with Gasteiger partial charge in [0.2, 0.25) is 0 Å². The maximum absolute atomic E-state index is 6.77. The van der Waals surface area contributed by atoms with Crippen LogP contribution in [-0.4, -0.2) is 19.9 Å². The Kier molecular flexibility index (Phi) is 7.09. The van der Waals surface area contributed by atoms with E-state index in [4.69, 9.17) is 33.2 Å². The van der Waals surface area contributed by atoms with Crippen LogP contribution in [0.2, 0.25) is 0 Å². The van der Waals surface area contributed by atoms with Gasteiger partial charge in [-0.25, -0.2) is 15.0 Å². The molecule has 0 radical (unpaired) electrons. The van der Waals surface area contributed by atoms with Gasteiger partial charge >= 0.3 is 0 Å². The van der Waals surface area contributed by atoms with Crippen molar-refractivity contribution < 1.29 is 13.3 Å². The third-order valence-corrected chi connectivity index (χ3v) is 10.6. The summed E-state index contributed by atoms with van der Waals surface area (Å²) >= 11 is 0. The number of pyridine rings is 1. The average molecular weight is 723 g/mol. The van der Waals surface area contributed by atoms with E-state index in [1.54, 1.807) is 6.08 Å². The van der Waals surface area contributed by atoms with Gasteiger partial charge in [-0.2, -0.15) is 0 Å². The lowest BCUT2D eigenvalue weighted by molar-refractivity contribution is 0.602. The molecule has 56 heavy (non-hydrogen) atoms. The van der Waals surface area contributed by atoms with E-state index in [0.29, 0.717) is 28.6 Å². The highest BCUT2D eigenvalue weighted by Gasteiger charge is 2.23. The smallest absolute Gasteiger partial charge is 0.167 e. The molecule has 11 aromatic rings. The summed E-state index contributed by atoms with van der Waals surface area (Å²) in [6, 6.07) is 40.8. The first-order valence-electron chi connectivity index (χ1n) is 18.4. The first-order valence-corrected chi connectivity index (χ1v) is 18.4. The summed E-state index contributed by atoms with van der Waals surface area (Å²) in [7, 11) is 0. The molecule has 7 heteroatoms. The quantitative estimate of drug-likeness (QED) is 0.158. The number of rotatable bonds is 6. The van der Waals surface area contributed by atoms with Crippen LogP contribution >= 0.6 is 0 Å². The standard InChI is InChI=1S/C49H30N4O3/c1-3-4-21-39-28(2)32-17-10-20-35(45(32)55-39)49-52-47(29-13-6-5-7-14-29)51-48(53-49)34-19-12-23-41-44(34)38-27-50-26-37(46(38)56-41)33-18-11-22-40-43(33)36-24-30-15-8-9-16-31(30)25-42(36)54-40/h3-27H,1H2,2H3/b21-4-. The molecule has 0 spiro atoms. The number of aryl methyl sites for hydroxylation is 1. The van der Waals surface area contributed by atoms with Crippen LogP contribution in [0.3, 0.4) is 0 Å². The lowest BCUT2D eigenvalue weighted by Gasteiger charge is -2.09. The predicted molar refractivity (Wildman–Crippen MR) is 225 cm³/mol. The van der Waals surface area contributed by atoms with Gasteiger partial charge < -0.3 is 13.3 Å². The second-order valence-electron chi connectivity index (χ2n) is 13.9. The minimum absolute atomic E-state index is 0.502. The monoisotopic (exact) mass is 722 g/mol. The second kappa shape index (κ2) is 12.5. The number of furan rings is 3. The Morgan fingerprint density at radius 3 is 2.00 bits per heavy atom. The number of nitrogens with zero attached hydrogens (tertiary/aromatic N) is 4. The van der Waals surface area contributed by atoms with Crippen molar-refractivity contribution in [2.75, 3.05) is 0 Å². The molecule has 0 atom stereocenters. The molecule has 0 aliphatic carbocycles. The maximum Gasteiger partial charge on any atom is 0.167 e. The molecule has 5 heterocycles. The fourth-order valence-electron chi connectivity index (χ4n) is 7.94. The van der Waals surface area contributed by atoms with E-state index in [1.165, 1.54) is 0 Å². The highest BCUT2D eigenvalue weighted by atomic mass is 16.3. The third kappa shape index (κ3) is 4.91. The highest BCUT2D eigenvalue weighted by Crippen LogP contribution is 2.44. The largest absolute Gasteiger partial charge is 0.456 e. The SMILES string of the molecule is C=C/C=C\c1oc2c(-c3nc(-c4ccccc4)nc(-c4cccc5oc6c(-c7cccc8oc9cc%10ccccc%10cc9c78)cncc6c45)n3)cccc2c1C. The summed E-state index contributed by atoms with van der Waals surface area (Å²) < 4.78 is 19.7. The van der Waals surface area contributed by atoms with Crippen LogP contribution in [0.5, 0.6) is 0 Å². The Labute approximate surface area is 319 Å². The van der Waals surface area contributed by atoms with E-state index < -0.39 is 0 Å². The second-order valence-corrected chi connectivity index (χ2v) is 13.9. The lowest BCUT2D eigenvalue weighted by atomic mass is 9.97. The third-order valence-electron chi connectivity index (χ3n) is 10.6. The average Bonchev–Trinajstić information content (AvgIpc) is 3.92. The van der Waals surface area contributed by atoms with Crippen LogP contribution in [0, 0.1) is 6.92 Å². The Balaban J connectivity index is 1.14. The van der Waals surface area contributed by atoms with Crippen molar-refractivity contribution in [2.45, 2.75) is 6.92 Å². The molecule has 0 fully saturated rings. The van der Waals surface area contributed by atoms with Crippen LogP contribution in [0.4, 0.5) is 0 Å². The first kappa shape index (κ1) is 31.8. The molecule has 0 saturated heterocycles. The zero-order valence-electron chi connectivity index (χ0n) is 30.2. The molecular weight excluding hydrogens is 693 g/mol. The molecule has 5 aromatic heterocycles. The van der Waals surface area contributed by atoms with Crippen LogP contribution in [0.1, 0.15) is 11.3 Å². The van der Waals surface area contributed by atoms with E-state index in [0.717, 1.165) is 93.6 Å². The Morgan fingerprint density at radius 2 is 1.18 bits per heavy atom. The molecule has 0 amide bonds. The van der Waals surface area contributed by atoms with Gasteiger partial charge in [-0.15, -0.1) is 0 Å². The van der Waals surface area contributed by atoms with Gasteiger partial charge in [0.15, 0.2) is 17.5 Å². The molecule has 0 unspecified atom stereocenters. The molecule has 0 aliphatic heterocycles.